The third-order valence-corrected chi connectivity index (χ3v) is 5.02. The number of ether oxygens (including phenoxy) is 1. The van der Waals surface area contributed by atoms with Crippen LogP contribution in [0.5, 0.6) is 0 Å². The van der Waals surface area contributed by atoms with E-state index < -0.39 is 28.7 Å². The number of H-pyrrole nitrogens is 1. The zero-order valence-corrected chi connectivity index (χ0v) is 12.6. The highest BCUT2D eigenvalue weighted by atomic mass is 16.5. The molecule has 3 rings (SSSR count). The number of carbonyl (C=O) groups excluding carboxylic acids is 1. The summed E-state index contributed by atoms with van der Waals surface area (Å²) in [5.41, 5.74) is -1.55. The minimum absolute atomic E-state index is 0.00328. The number of aliphatic hydroxyl groups excluding tert-OH is 2. The average Bonchev–Trinajstić information content (AvgIpc) is 3.21. The fourth-order valence-electron chi connectivity index (χ4n) is 3.57. The van der Waals surface area contributed by atoms with Gasteiger partial charge in [-0.1, -0.05) is 0 Å². The molecule has 2 aliphatic rings. The molecule has 4 atom stereocenters. The zero-order valence-electron chi connectivity index (χ0n) is 12.6. The van der Waals surface area contributed by atoms with E-state index in [0.29, 0.717) is 12.8 Å². The molecule has 23 heavy (non-hydrogen) atoms. The van der Waals surface area contributed by atoms with Crippen LogP contribution in [0.3, 0.4) is 0 Å². The molecule has 2 saturated carbocycles. The number of hydrogen-bond acceptors (Lipinski definition) is 6. The lowest BCUT2D eigenvalue weighted by atomic mass is 10.0. The Morgan fingerprint density at radius 2 is 2.30 bits per heavy atom. The van der Waals surface area contributed by atoms with Gasteiger partial charge in [-0.25, -0.2) is 9.59 Å². The largest absolute Gasteiger partial charge is 0.466 e. The van der Waals surface area contributed by atoms with Crippen LogP contribution in [0, 0.1) is 11.3 Å². The minimum Gasteiger partial charge on any atom is -0.466 e. The molecule has 0 aromatic carbocycles. The predicted molar refractivity (Wildman–Crippen MR) is 79.7 cm³/mol. The molecular formula is C15H18N2O6. The Kier molecular flexibility index (Phi) is 3.73. The first-order chi connectivity index (χ1) is 10.9. The smallest absolute Gasteiger partial charge is 0.330 e. The average molecular weight is 322 g/mol. The van der Waals surface area contributed by atoms with E-state index in [4.69, 9.17) is 0 Å². The summed E-state index contributed by atoms with van der Waals surface area (Å²) < 4.78 is 5.84. The lowest BCUT2D eigenvalue weighted by molar-refractivity contribution is -0.134. The van der Waals surface area contributed by atoms with Crippen LogP contribution in [-0.4, -0.2) is 45.6 Å². The SMILES string of the molecule is COC(=O)/C=C/c1cn([C@H]2C[C@H](O)[C@@]3(CO)C[C@H]23)c(=O)[nH]c1=O. The Hall–Kier alpha value is -2.19. The second kappa shape index (κ2) is 5.47. The predicted octanol–water partition coefficient (Wildman–Crippen LogP) is -0.973. The summed E-state index contributed by atoms with van der Waals surface area (Å²) in [5, 5.41) is 19.6. The number of hydrogen-bond donors (Lipinski definition) is 3. The summed E-state index contributed by atoms with van der Waals surface area (Å²) in [4.78, 5) is 37.3. The number of carbonyl (C=O) groups is 1. The Bertz CT molecular complexity index is 779. The van der Waals surface area contributed by atoms with Crippen molar-refractivity contribution in [3.63, 3.8) is 0 Å². The van der Waals surface area contributed by atoms with Crippen LogP contribution >= 0.6 is 0 Å². The van der Waals surface area contributed by atoms with Crippen molar-refractivity contribution in [3.05, 3.63) is 38.7 Å². The van der Waals surface area contributed by atoms with E-state index in [-0.39, 0.29) is 24.1 Å². The number of aliphatic hydroxyl groups is 2. The molecule has 2 fully saturated rings. The minimum atomic E-state index is -0.671. The normalized spacial score (nSPS) is 32.0. The Morgan fingerprint density at radius 3 is 2.87 bits per heavy atom. The van der Waals surface area contributed by atoms with E-state index in [9.17, 15) is 24.6 Å². The van der Waals surface area contributed by atoms with Gasteiger partial charge in [0.2, 0.25) is 0 Å². The first kappa shape index (κ1) is 15.7. The van der Waals surface area contributed by atoms with Crippen LogP contribution in [0.4, 0.5) is 0 Å². The van der Waals surface area contributed by atoms with Gasteiger partial charge in [-0.05, 0) is 24.8 Å². The van der Waals surface area contributed by atoms with Crippen LogP contribution < -0.4 is 11.2 Å². The number of nitrogens with zero attached hydrogens (tertiary/aromatic N) is 1. The summed E-state index contributed by atoms with van der Waals surface area (Å²) in [6.07, 6.45) is 4.07. The van der Waals surface area contributed by atoms with E-state index in [0.717, 1.165) is 6.08 Å². The van der Waals surface area contributed by atoms with Crippen molar-refractivity contribution in [2.24, 2.45) is 11.3 Å². The molecule has 0 aliphatic heterocycles. The fourth-order valence-corrected chi connectivity index (χ4v) is 3.57. The van der Waals surface area contributed by atoms with E-state index >= 15 is 0 Å². The number of nitrogens with one attached hydrogen (secondary N) is 1. The number of fused-ring (bicyclic) bond motifs is 1. The van der Waals surface area contributed by atoms with Crippen molar-refractivity contribution in [2.75, 3.05) is 13.7 Å². The fraction of sp³-hybridized carbons (Fsp3) is 0.533. The number of methoxy groups -OCH3 is 1. The molecule has 0 radical (unpaired) electrons. The van der Waals surface area contributed by atoms with Crippen LogP contribution in [0.2, 0.25) is 0 Å². The lowest BCUT2D eigenvalue weighted by Crippen LogP contribution is -2.33. The van der Waals surface area contributed by atoms with E-state index in [2.05, 4.69) is 9.72 Å². The summed E-state index contributed by atoms with van der Waals surface area (Å²) in [7, 11) is 1.22. The molecule has 0 amide bonds. The van der Waals surface area contributed by atoms with Crippen LogP contribution in [-0.2, 0) is 9.53 Å². The third kappa shape index (κ3) is 2.43. The van der Waals surface area contributed by atoms with Gasteiger partial charge in [0.25, 0.3) is 5.56 Å². The van der Waals surface area contributed by atoms with Gasteiger partial charge in [0, 0.05) is 23.7 Å². The molecule has 0 bridgehead atoms. The van der Waals surface area contributed by atoms with Crippen LogP contribution in [0.25, 0.3) is 6.08 Å². The Balaban J connectivity index is 1.95. The molecule has 3 N–H and O–H groups in total. The maximum absolute atomic E-state index is 12.1. The number of aromatic amines is 1. The summed E-state index contributed by atoms with van der Waals surface area (Å²) in [5.74, 6) is -0.608. The monoisotopic (exact) mass is 322 g/mol. The molecule has 8 nitrogen and oxygen atoms in total. The second-order valence-electron chi connectivity index (χ2n) is 6.13. The maximum atomic E-state index is 12.1. The lowest BCUT2D eigenvalue weighted by Gasteiger charge is -2.17. The number of rotatable bonds is 4. The van der Waals surface area contributed by atoms with Gasteiger partial charge in [-0.3, -0.25) is 14.3 Å². The molecule has 8 heteroatoms. The highest BCUT2D eigenvalue weighted by Gasteiger charge is 2.67. The van der Waals surface area contributed by atoms with Crippen molar-refractivity contribution in [3.8, 4) is 0 Å². The molecule has 0 spiro atoms. The zero-order chi connectivity index (χ0) is 16.8. The summed E-state index contributed by atoms with van der Waals surface area (Å²) in [6, 6.07) is -0.285. The van der Waals surface area contributed by atoms with Crippen molar-refractivity contribution >= 4 is 12.0 Å². The van der Waals surface area contributed by atoms with Crippen molar-refractivity contribution < 1.29 is 19.7 Å². The van der Waals surface area contributed by atoms with Crippen molar-refractivity contribution in [1.82, 2.24) is 9.55 Å². The number of esters is 1. The quantitative estimate of drug-likeness (QED) is 0.484. The molecule has 124 valence electrons. The second-order valence-corrected chi connectivity index (χ2v) is 6.13. The van der Waals surface area contributed by atoms with Gasteiger partial charge < -0.3 is 14.9 Å². The topological polar surface area (TPSA) is 122 Å². The molecule has 1 aromatic rings. The Morgan fingerprint density at radius 1 is 1.57 bits per heavy atom. The van der Waals surface area contributed by atoms with Gasteiger partial charge in [0.1, 0.15) is 0 Å². The number of aromatic nitrogens is 2. The standard InChI is InChI=1S/C15H18N2O6/c1-23-12(20)3-2-8-6-17(14(22)16-13(8)21)10-4-11(19)15(7-18)5-9(10)15/h2-3,6,9-11,18-19H,4-5,7H2,1H3,(H,16,21,22)/b3-2+/t9-,10+,11+,15-/m1/s1. The van der Waals surface area contributed by atoms with Gasteiger partial charge in [-0.15, -0.1) is 0 Å². The van der Waals surface area contributed by atoms with Crippen LogP contribution in [0.1, 0.15) is 24.4 Å². The molecule has 1 aromatic heterocycles. The van der Waals surface area contributed by atoms with Crippen molar-refractivity contribution in [2.45, 2.75) is 25.0 Å². The van der Waals surface area contributed by atoms with Crippen LogP contribution in [0.15, 0.2) is 21.9 Å². The van der Waals surface area contributed by atoms with Gasteiger partial charge in [-0.2, -0.15) is 0 Å². The summed E-state index contributed by atoms with van der Waals surface area (Å²) in [6.45, 7) is -0.122. The molecule has 1 heterocycles. The van der Waals surface area contributed by atoms with E-state index in [1.54, 1.807) is 0 Å². The van der Waals surface area contributed by atoms with Gasteiger partial charge in [0.15, 0.2) is 0 Å². The molecule has 0 saturated heterocycles. The first-order valence-corrected chi connectivity index (χ1v) is 7.33. The summed E-state index contributed by atoms with van der Waals surface area (Å²) >= 11 is 0. The molecule has 2 aliphatic carbocycles. The molecule has 0 unspecified atom stereocenters. The van der Waals surface area contributed by atoms with E-state index in [1.807, 2.05) is 0 Å². The highest BCUT2D eigenvalue weighted by Crippen LogP contribution is 2.66. The molecular weight excluding hydrogens is 304 g/mol. The van der Waals surface area contributed by atoms with Crippen molar-refractivity contribution in [1.29, 1.82) is 0 Å². The van der Waals surface area contributed by atoms with E-state index in [1.165, 1.54) is 23.9 Å². The third-order valence-electron chi connectivity index (χ3n) is 5.02. The van der Waals surface area contributed by atoms with Gasteiger partial charge in [0.05, 0.1) is 25.4 Å². The first-order valence-electron chi connectivity index (χ1n) is 7.33. The maximum Gasteiger partial charge on any atom is 0.330 e. The highest BCUT2D eigenvalue weighted by molar-refractivity contribution is 5.86. The van der Waals surface area contributed by atoms with Gasteiger partial charge >= 0.3 is 11.7 Å². The Labute approximate surface area is 131 Å².